The van der Waals surface area contributed by atoms with Crippen molar-refractivity contribution in [2.24, 2.45) is 0 Å². The van der Waals surface area contributed by atoms with Crippen LogP contribution in [0, 0.1) is 0 Å². The van der Waals surface area contributed by atoms with Crippen LogP contribution in [0.4, 0.5) is 10.7 Å². The van der Waals surface area contributed by atoms with E-state index in [4.69, 9.17) is 28.2 Å². The molecule has 0 aliphatic carbocycles. The summed E-state index contributed by atoms with van der Waals surface area (Å²) in [5.41, 5.74) is 3.21. The van der Waals surface area contributed by atoms with Crippen LogP contribution in [0.25, 0.3) is 22.4 Å². The highest BCUT2D eigenvalue weighted by molar-refractivity contribution is 6.33. The summed E-state index contributed by atoms with van der Waals surface area (Å²) in [6.07, 6.45) is 1.75. The molecule has 0 saturated carbocycles. The van der Waals surface area contributed by atoms with E-state index in [1.807, 2.05) is 67.3 Å². The maximum absolute atomic E-state index is 12.8. The van der Waals surface area contributed by atoms with Gasteiger partial charge in [-0.15, -0.1) is 0 Å². The van der Waals surface area contributed by atoms with Crippen LogP contribution in [0.5, 0.6) is 0 Å². The number of hydrogen-bond donors (Lipinski definition) is 0. The van der Waals surface area contributed by atoms with Gasteiger partial charge in [-0.2, -0.15) is 0 Å². The van der Waals surface area contributed by atoms with Crippen molar-refractivity contribution in [3.05, 3.63) is 64.8 Å². The third-order valence-corrected chi connectivity index (χ3v) is 5.55. The van der Waals surface area contributed by atoms with Gasteiger partial charge in [0.15, 0.2) is 0 Å². The van der Waals surface area contributed by atoms with Gasteiger partial charge in [0.05, 0.1) is 5.69 Å². The Hall–Kier alpha value is -2.63. The summed E-state index contributed by atoms with van der Waals surface area (Å²) in [5.74, 6) is 0.380. The van der Waals surface area contributed by atoms with E-state index < -0.39 is 0 Å². The summed E-state index contributed by atoms with van der Waals surface area (Å²) in [7, 11) is 0. The lowest BCUT2D eigenvalue weighted by Crippen LogP contribution is -2.36. The topological polar surface area (TPSA) is 49.3 Å². The Morgan fingerprint density at radius 2 is 1.69 bits per heavy atom. The van der Waals surface area contributed by atoms with Crippen LogP contribution >= 0.6 is 23.2 Å². The molecule has 4 rings (SSSR count). The fourth-order valence-corrected chi connectivity index (χ4v) is 3.77. The molecule has 5 nitrogen and oxygen atoms in total. The second kappa shape index (κ2) is 8.01. The van der Waals surface area contributed by atoms with E-state index in [1.54, 1.807) is 11.1 Å². The quantitative estimate of drug-likeness (QED) is 0.531. The molecule has 1 aliphatic heterocycles. The predicted octanol–water partition coefficient (Wildman–Crippen LogP) is 5.77. The van der Waals surface area contributed by atoms with Gasteiger partial charge in [-0.3, -0.25) is 4.90 Å². The molecule has 2 amide bonds. The molecule has 1 aromatic heterocycles. The van der Waals surface area contributed by atoms with Gasteiger partial charge in [0.2, 0.25) is 5.95 Å². The van der Waals surface area contributed by atoms with Crippen molar-refractivity contribution in [2.45, 2.75) is 19.9 Å². The Labute approximate surface area is 179 Å². The van der Waals surface area contributed by atoms with Crippen LogP contribution in [-0.2, 0) is 0 Å². The van der Waals surface area contributed by atoms with E-state index in [1.165, 1.54) is 0 Å². The predicted molar refractivity (Wildman–Crippen MR) is 118 cm³/mol. The third-order valence-electron chi connectivity index (χ3n) is 4.97. The first-order chi connectivity index (χ1) is 14.0. The summed E-state index contributed by atoms with van der Waals surface area (Å²) in [6.45, 7) is 5.21. The first-order valence-corrected chi connectivity index (χ1v) is 10.2. The number of halogens is 2. The minimum atomic E-state index is -0.0793. The Balaban J connectivity index is 1.83. The summed E-state index contributed by atoms with van der Waals surface area (Å²) in [6, 6.07) is 15.1. The molecule has 148 valence electrons. The zero-order valence-corrected chi connectivity index (χ0v) is 17.7. The summed E-state index contributed by atoms with van der Waals surface area (Å²) in [5, 5.41) is 1.24. The van der Waals surface area contributed by atoms with Crippen molar-refractivity contribution >= 4 is 35.2 Å². The molecule has 0 N–H and O–H groups in total. The number of nitrogens with zero attached hydrogens (tertiary/aromatic N) is 4. The molecule has 1 fully saturated rings. The molecule has 0 atom stereocenters. The van der Waals surface area contributed by atoms with Crippen LogP contribution in [0.3, 0.4) is 0 Å². The van der Waals surface area contributed by atoms with E-state index in [2.05, 4.69) is 4.98 Å². The van der Waals surface area contributed by atoms with Gasteiger partial charge in [-0.25, -0.2) is 14.8 Å². The molecule has 0 radical (unpaired) electrons. The molecule has 1 aliphatic rings. The lowest BCUT2D eigenvalue weighted by Gasteiger charge is -2.21. The Kier molecular flexibility index (Phi) is 5.43. The van der Waals surface area contributed by atoms with Crippen LogP contribution in [0.15, 0.2) is 54.7 Å². The molecule has 0 unspecified atom stereocenters. The van der Waals surface area contributed by atoms with Crippen LogP contribution in [0.2, 0.25) is 10.0 Å². The lowest BCUT2D eigenvalue weighted by atomic mass is 10.0. The third kappa shape index (κ3) is 3.80. The number of urea groups is 1. The molecule has 7 heteroatoms. The minimum absolute atomic E-state index is 0.0793. The van der Waals surface area contributed by atoms with Gasteiger partial charge in [-0.05, 0) is 37.6 Å². The van der Waals surface area contributed by atoms with Crippen molar-refractivity contribution in [3.63, 3.8) is 0 Å². The highest BCUT2D eigenvalue weighted by Gasteiger charge is 2.33. The number of benzene rings is 2. The second-order valence-electron chi connectivity index (χ2n) is 7.14. The van der Waals surface area contributed by atoms with Gasteiger partial charge >= 0.3 is 6.03 Å². The summed E-state index contributed by atoms with van der Waals surface area (Å²) < 4.78 is 0. The number of aromatic nitrogens is 2. The molecule has 0 spiro atoms. The van der Waals surface area contributed by atoms with Gasteiger partial charge in [0, 0.05) is 46.5 Å². The summed E-state index contributed by atoms with van der Waals surface area (Å²) in [4.78, 5) is 25.5. The number of hydrogen-bond acceptors (Lipinski definition) is 3. The van der Waals surface area contributed by atoms with Gasteiger partial charge < -0.3 is 4.90 Å². The Morgan fingerprint density at radius 1 is 0.966 bits per heavy atom. The minimum Gasteiger partial charge on any atom is -0.320 e. The van der Waals surface area contributed by atoms with E-state index in [-0.39, 0.29) is 12.1 Å². The Morgan fingerprint density at radius 3 is 2.34 bits per heavy atom. The van der Waals surface area contributed by atoms with Gasteiger partial charge in [0.1, 0.15) is 0 Å². The standard InChI is InChI=1S/C22H20Cl2N4O/c1-14(2)27-11-12-28(22(27)29)21-25-13-18(15-7-9-16(23)10-8-15)20(26-21)17-5-3-4-6-19(17)24/h3-10,13-14H,11-12H2,1-2H3. The summed E-state index contributed by atoms with van der Waals surface area (Å²) >= 11 is 12.5. The average molecular weight is 427 g/mol. The van der Waals surface area contributed by atoms with Crippen molar-refractivity contribution in [1.82, 2.24) is 14.9 Å². The zero-order valence-electron chi connectivity index (χ0n) is 16.1. The van der Waals surface area contributed by atoms with E-state index in [0.717, 1.165) is 16.7 Å². The van der Waals surface area contributed by atoms with E-state index in [0.29, 0.717) is 34.8 Å². The molecule has 2 heterocycles. The monoisotopic (exact) mass is 426 g/mol. The van der Waals surface area contributed by atoms with E-state index >= 15 is 0 Å². The first kappa shape index (κ1) is 19.7. The molecular formula is C22H20Cl2N4O. The highest BCUT2D eigenvalue weighted by Crippen LogP contribution is 2.36. The smallest absolute Gasteiger partial charge is 0.320 e. The number of amides is 2. The Bertz CT molecular complexity index is 1050. The van der Waals surface area contributed by atoms with Gasteiger partial charge in [-0.1, -0.05) is 53.5 Å². The maximum atomic E-state index is 12.8. The number of carbonyl (C=O) groups excluding carboxylic acids is 1. The number of carbonyl (C=O) groups is 1. The molecule has 1 saturated heterocycles. The largest absolute Gasteiger partial charge is 0.327 e. The van der Waals surface area contributed by atoms with Crippen molar-refractivity contribution in [2.75, 3.05) is 18.0 Å². The average Bonchev–Trinajstić information content (AvgIpc) is 3.10. The fourth-order valence-electron chi connectivity index (χ4n) is 3.42. The number of rotatable bonds is 4. The number of anilines is 1. The zero-order chi connectivity index (χ0) is 20.5. The SMILES string of the molecule is CC(C)N1CCN(c2ncc(-c3ccc(Cl)cc3)c(-c3ccccc3Cl)n2)C1=O. The fraction of sp³-hybridized carbons (Fsp3) is 0.227. The molecule has 0 bridgehead atoms. The molecule has 29 heavy (non-hydrogen) atoms. The molecular weight excluding hydrogens is 407 g/mol. The van der Waals surface area contributed by atoms with Crippen molar-refractivity contribution in [1.29, 1.82) is 0 Å². The van der Waals surface area contributed by atoms with Crippen LogP contribution in [0.1, 0.15) is 13.8 Å². The lowest BCUT2D eigenvalue weighted by molar-refractivity contribution is 0.209. The first-order valence-electron chi connectivity index (χ1n) is 9.41. The van der Waals surface area contributed by atoms with Crippen molar-refractivity contribution < 1.29 is 4.79 Å². The van der Waals surface area contributed by atoms with Crippen molar-refractivity contribution in [3.8, 4) is 22.4 Å². The van der Waals surface area contributed by atoms with Crippen LogP contribution in [-0.4, -0.2) is 40.0 Å². The van der Waals surface area contributed by atoms with Gasteiger partial charge in [0.25, 0.3) is 0 Å². The second-order valence-corrected chi connectivity index (χ2v) is 7.98. The normalized spacial score (nSPS) is 14.2. The molecule has 2 aromatic carbocycles. The van der Waals surface area contributed by atoms with Crippen LogP contribution < -0.4 is 4.90 Å². The van der Waals surface area contributed by atoms with E-state index in [9.17, 15) is 4.79 Å². The molecule has 3 aromatic rings. The highest BCUT2D eigenvalue weighted by atomic mass is 35.5. The maximum Gasteiger partial charge on any atom is 0.327 e.